The predicted molar refractivity (Wildman–Crippen MR) is 63.9 cm³/mol. The molecule has 0 saturated carbocycles. The zero-order valence-corrected chi connectivity index (χ0v) is 10.4. The van der Waals surface area contributed by atoms with Gasteiger partial charge >= 0.3 is 0 Å². The van der Waals surface area contributed by atoms with Crippen molar-refractivity contribution in [2.75, 3.05) is 26.3 Å². The lowest BCUT2D eigenvalue weighted by Crippen LogP contribution is -2.51. The summed E-state index contributed by atoms with van der Waals surface area (Å²) in [6.45, 7) is 10.5. The van der Waals surface area contributed by atoms with Crippen molar-refractivity contribution in [3.05, 3.63) is 0 Å². The first-order chi connectivity index (χ1) is 7.15. The average Bonchev–Trinajstić information content (AvgIpc) is 2.18. The minimum Gasteiger partial charge on any atom is -0.380 e. The summed E-state index contributed by atoms with van der Waals surface area (Å²) in [7, 11) is 0. The lowest BCUT2D eigenvalue weighted by molar-refractivity contribution is 0.0309. The third-order valence-electron chi connectivity index (χ3n) is 3.22. The number of hydrogen-bond donors (Lipinski definition) is 1. The fraction of sp³-hybridized carbons (Fsp3) is 1.00. The van der Waals surface area contributed by atoms with Gasteiger partial charge in [0.25, 0.3) is 0 Å². The van der Waals surface area contributed by atoms with Gasteiger partial charge in [-0.15, -0.1) is 0 Å². The van der Waals surface area contributed by atoms with Gasteiger partial charge in [-0.25, -0.2) is 0 Å². The van der Waals surface area contributed by atoms with E-state index in [-0.39, 0.29) is 0 Å². The quantitative estimate of drug-likeness (QED) is 0.753. The molecule has 90 valence electrons. The molecule has 0 aromatic carbocycles. The molecule has 15 heavy (non-hydrogen) atoms. The maximum Gasteiger partial charge on any atom is 0.0624 e. The largest absolute Gasteiger partial charge is 0.380 e. The SMILES string of the molecule is CCOCC(C(C)C)N1CCCC(N)C1. The minimum absolute atomic E-state index is 0.363. The van der Waals surface area contributed by atoms with Gasteiger partial charge in [-0.3, -0.25) is 4.90 Å². The van der Waals surface area contributed by atoms with E-state index in [1.54, 1.807) is 0 Å². The molecule has 3 nitrogen and oxygen atoms in total. The zero-order valence-electron chi connectivity index (χ0n) is 10.4. The number of likely N-dealkylation sites (tertiary alicyclic amines) is 1. The van der Waals surface area contributed by atoms with Crippen LogP contribution in [0.1, 0.15) is 33.6 Å². The Kier molecular flexibility index (Phi) is 5.58. The summed E-state index contributed by atoms with van der Waals surface area (Å²) in [4.78, 5) is 2.51. The zero-order chi connectivity index (χ0) is 11.3. The highest BCUT2D eigenvalue weighted by Gasteiger charge is 2.26. The first-order valence-corrected chi connectivity index (χ1v) is 6.22. The first-order valence-electron chi connectivity index (χ1n) is 6.22. The molecule has 2 N–H and O–H groups in total. The van der Waals surface area contributed by atoms with E-state index in [1.165, 1.54) is 19.4 Å². The molecule has 0 bridgehead atoms. The van der Waals surface area contributed by atoms with Crippen LogP contribution in [0.25, 0.3) is 0 Å². The molecule has 2 unspecified atom stereocenters. The molecule has 3 heteroatoms. The molecule has 1 rings (SSSR count). The van der Waals surface area contributed by atoms with Gasteiger partial charge in [0.15, 0.2) is 0 Å². The van der Waals surface area contributed by atoms with Gasteiger partial charge in [-0.1, -0.05) is 13.8 Å². The van der Waals surface area contributed by atoms with Crippen molar-refractivity contribution in [2.24, 2.45) is 11.7 Å². The summed E-state index contributed by atoms with van der Waals surface area (Å²) < 4.78 is 5.56. The van der Waals surface area contributed by atoms with Gasteiger partial charge in [0.2, 0.25) is 0 Å². The Morgan fingerprint density at radius 2 is 2.20 bits per heavy atom. The third-order valence-corrected chi connectivity index (χ3v) is 3.22. The molecule has 0 aromatic rings. The van der Waals surface area contributed by atoms with Crippen LogP contribution in [0.5, 0.6) is 0 Å². The van der Waals surface area contributed by atoms with Gasteiger partial charge < -0.3 is 10.5 Å². The summed E-state index contributed by atoms with van der Waals surface area (Å²) >= 11 is 0. The number of nitrogens with two attached hydrogens (primary N) is 1. The molecule has 1 aliphatic heterocycles. The minimum atomic E-state index is 0.363. The number of rotatable bonds is 5. The van der Waals surface area contributed by atoms with Gasteiger partial charge in [-0.05, 0) is 32.2 Å². The Morgan fingerprint density at radius 3 is 2.73 bits per heavy atom. The van der Waals surface area contributed by atoms with Crippen molar-refractivity contribution in [3.8, 4) is 0 Å². The van der Waals surface area contributed by atoms with E-state index in [4.69, 9.17) is 10.5 Å². The molecular formula is C12H26N2O. The Hall–Kier alpha value is -0.120. The molecule has 0 spiro atoms. The van der Waals surface area contributed by atoms with Gasteiger partial charge in [0.05, 0.1) is 6.61 Å². The highest BCUT2D eigenvalue weighted by atomic mass is 16.5. The van der Waals surface area contributed by atoms with Crippen LogP contribution in [-0.2, 0) is 4.74 Å². The second-order valence-electron chi connectivity index (χ2n) is 4.87. The molecule has 2 atom stereocenters. The molecule has 1 saturated heterocycles. The van der Waals surface area contributed by atoms with E-state index in [0.717, 1.165) is 19.8 Å². The molecule has 1 aliphatic rings. The second-order valence-corrected chi connectivity index (χ2v) is 4.87. The van der Waals surface area contributed by atoms with Gasteiger partial charge in [-0.2, -0.15) is 0 Å². The summed E-state index contributed by atoms with van der Waals surface area (Å²) in [5.74, 6) is 0.641. The van der Waals surface area contributed by atoms with Crippen molar-refractivity contribution < 1.29 is 4.74 Å². The highest BCUT2D eigenvalue weighted by Crippen LogP contribution is 2.17. The van der Waals surface area contributed by atoms with Gasteiger partial charge in [0.1, 0.15) is 0 Å². The number of ether oxygens (including phenoxy) is 1. The van der Waals surface area contributed by atoms with E-state index in [1.807, 2.05) is 0 Å². The Morgan fingerprint density at radius 1 is 1.47 bits per heavy atom. The van der Waals surface area contributed by atoms with Crippen LogP contribution < -0.4 is 5.73 Å². The summed E-state index contributed by atoms with van der Waals surface area (Å²) in [6.07, 6.45) is 2.41. The summed E-state index contributed by atoms with van der Waals surface area (Å²) in [6, 6.07) is 0.901. The lowest BCUT2D eigenvalue weighted by Gasteiger charge is -2.39. The summed E-state index contributed by atoms with van der Waals surface area (Å²) in [5.41, 5.74) is 6.01. The second kappa shape index (κ2) is 6.46. The maximum absolute atomic E-state index is 6.01. The Labute approximate surface area is 94.0 Å². The highest BCUT2D eigenvalue weighted by molar-refractivity contribution is 4.82. The Bertz CT molecular complexity index is 173. The standard InChI is InChI=1S/C12H26N2O/c1-4-15-9-12(10(2)3)14-7-5-6-11(13)8-14/h10-12H,4-9,13H2,1-3H3. The monoisotopic (exact) mass is 214 g/mol. The van der Waals surface area contributed by atoms with Crippen LogP contribution in [0.15, 0.2) is 0 Å². The van der Waals surface area contributed by atoms with Crippen LogP contribution in [0.2, 0.25) is 0 Å². The molecule has 0 aliphatic carbocycles. The van der Waals surface area contributed by atoms with E-state index >= 15 is 0 Å². The normalized spacial score (nSPS) is 25.8. The maximum atomic E-state index is 6.01. The van der Waals surface area contributed by atoms with E-state index < -0.39 is 0 Å². The fourth-order valence-electron chi connectivity index (χ4n) is 2.30. The van der Waals surface area contributed by atoms with E-state index in [9.17, 15) is 0 Å². The van der Waals surface area contributed by atoms with Crippen LogP contribution in [0, 0.1) is 5.92 Å². The molecule has 0 radical (unpaired) electrons. The molecule has 1 heterocycles. The average molecular weight is 214 g/mol. The number of piperidine rings is 1. The van der Waals surface area contributed by atoms with Crippen LogP contribution in [0.4, 0.5) is 0 Å². The lowest BCUT2D eigenvalue weighted by atomic mass is 9.98. The van der Waals surface area contributed by atoms with Crippen molar-refractivity contribution in [3.63, 3.8) is 0 Å². The summed E-state index contributed by atoms with van der Waals surface area (Å²) in [5, 5.41) is 0. The molecule has 1 fully saturated rings. The van der Waals surface area contributed by atoms with E-state index in [0.29, 0.717) is 18.0 Å². The van der Waals surface area contributed by atoms with E-state index in [2.05, 4.69) is 25.7 Å². The van der Waals surface area contributed by atoms with Crippen LogP contribution >= 0.6 is 0 Å². The first kappa shape index (κ1) is 12.9. The van der Waals surface area contributed by atoms with Crippen LogP contribution in [0.3, 0.4) is 0 Å². The molecular weight excluding hydrogens is 188 g/mol. The predicted octanol–water partition coefficient (Wildman–Crippen LogP) is 1.47. The van der Waals surface area contributed by atoms with Crippen LogP contribution in [-0.4, -0.2) is 43.3 Å². The molecule has 0 aromatic heterocycles. The van der Waals surface area contributed by atoms with Crippen molar-refractivity contribution in [1.29, 1.82) is 0 Å². The molecule has 0 amide bonds. The van der Waals surface area contributed by atoms with Crippen molar-refractivity contribution >= 4 is 0 Å². The number of hydrogen-bond acceptors (Lipinski definition) is 3. The van der Waals surface area contributed by atoms with Crippen molar-refractivity contribution in [1.82, 2.24) is 4.90 Å². The fourth-order valence-corrected chi connectivity index (χ4v) is 2.30. The third kappa shape index (κ3) is 4.09. The van der Waals surface area contributed by atoms with Gasteiger partial charge in [0, 0.05) is 25.2 Å². The smallest absolute Gasteiger partial charge is 0.0624 e. The van der Waals surface area contributed by atoms with Crippen molar-refractivity contribution in [2.45, 2.75) is 45.7 Å². The number of nitrogens with zero attached hydrogens (tertiary/aromatic N) is 1. The topological polar surface area (TPSA) is 38.5 Å². The Balaban J connectivity index is 2.46.